The summed E-state index contributed by atoms with van der Waals surface area (Å²) in [7, 11) is 0. The maximum absolute atomic E-state index is 13.0. The molecule has 5 heteroatoms. The van der Waals surface area contributed by atoms with Gasteiger partial charge in [-0.2, -0.15) is 0 Å². The number of rotatable bonds is 3. The van der Waals surface area contributed by atoms with Crippen LogP contribution in [0.1, 0.15) is 23.5 Å². The van der Waals surface area contributed by atoms with Crippen molar-refractivity contribution < 1.29 is 14.3 Å². The Labute approximate surface area is 156 Å². The Kier molecular flexibility index (Phi) is 4.32. The van der Waals surface area contributed by atoms with Crippen molar-refractivity contribution >= 4 is 29.3 Å². The van der Waals surface area contributed by atoms with Crippen molar-refractivity contribution in [3.05, 3.63) is 70.9 Å². The van der Waals surface area contributed by atoms with Gasteiger partial charge in [0.05, 0.1) is 11.3 Å². The molecule has 4 nitrogen and oxygen atoms in total. The van der Waals surface area contributed by atoms with Gasteiger partial charge >= 0.3 is 5.97 Å². The van der Waals surface area contributed by atoms with Crippen LogP contribution < -0.4 is 4.90 Å². The minimum atomic E-state index is -0.316. The molecule has 4 rings (SSSR count). The normalized spacial score (nSPS) is 19.6. The number of thioether (sulfide) groups is 1. The van der Waals surface area contributed by atoms with E-state index in [1.165, 1.54) is 0 Å². The van der Waals surface area contributed by atoms with E-state index in [2.05, 4.69) is 0 Å². The van der Waals surface area contributed by atoms with Gasteiger partial charge in [0.1, 0.15) is 6.61 Å². The maximum Gasteiger partial charge on any atom is 0.336 e. The van der Waals surface area contributed by atoms with Crippen LogP contribution in [-0.4, -0.2) is 24.7 Å². The number of cyclic esters (lactones) is 1. The molecule has 0 bridgehead atoms. The first-order valence-electron chi connectivity index (χ1n) is 8.52. The van der Waals surface area contributed by atoms with Crippen molar-refractivity contribution in [2.75, 3.05) is 17.8 Å². The van der Waals surface area contributed by atoms with Crippen LogP contribution in [0.25, 0.3) is 0 Å². The van der Waals surface area contributed by atoms with Gasteiger partial charge in [0, 0.05) is 22.9 Å². The van der Waals surface area contributed by atoms with E-state index in [-0.39, 0.29) is 30.8 Å². The summed E-state index contributed by atoms with van der Waals surface area (Å²) in [6.45, 7) is 2.15. The summed E-state index contributed by atoms with van der Waals surface area (Å²) in [5, 5.41) is 0. The predicted octanol–water partition coefficient (Wildman–Crippen LogP) is 4.05. The highest BCUT2D eigenvalue weighted by Crippen LogP contribution is 2.42. The third kappa shape index (κ3) is 2.82. The molecule has 2 aromatic carbocycles. The predicted molar refractivity (Wildman–Crippen MR) is 102 cm³/mol. The molecule has 132 valence electrons. The van der Waals surface area contributed by atoms with Crippen LogP contribution in [0, 0.1) is 6.92 Å². The van der Waals surface area contributed by atoms with E-state index in [1.807, 2.05) is 61.7 Å². The van der Waals surface area contributed by atoms with E-state index in [1.54, 1.807) is 16.7 Å². The molecule has 2 aliphatic heterocycles. The van der Waals surface area contributed by atoms with E-state index in [0.717, 1.165) is 21.7 Å². The molecule has 0 aromatic heterocycles. The van der Waals surface area contributed by atoms with Crippen LogP contribution in [0.5, 0.6) is 0 Å². The Morgan fingerprint density at radius 1 is 1.04 bits per heavy atom. The fourth-order valence-corrected chi connectivity index (χ4v) is 3.98. The second kappa shape index (κ2) is 6.65. The summed E-state index contributed by atoms with van der Waals surface area (Å²) < 4.78 is 5.31. The molecule has 1 unspecified atom stereocenters. The number of hydrogen-bond donors (Lipinski definition) is 0. The molecular formula is C21H19NO3S. The lowest BCUT2D eigenvalue weighted by Gasteiger charge is -2.32. The Morgan fingerprint density at radius 3 is 2.38 bits per heavy atom. The van der Waals surface area contributed by atoms with Crippen LogP contribution in [-0.2, 0) is 14.3 Å². The fraction of sp³-hybridized carbons (Fsp3) is 0.238. The number of amides is 1. The monoisotopic (exact) mass is 365 g/mol. The number of esters is 1. The molecule has 2 heterocycles. The summed E-state index contributed by atoms with van der Waals surface area (Å²) in [5.74, 6) is -0.571. The molecule has 1 amide bonds. The molecule has 26 heavy (non-hydrogen) atoms. The topological polar surface area (TPSA) is 46.6 Å². The average molecular weight is 365 g/mol. The van der Waals surface area contributed by atoms with Gasteiger partial charge in [0.15, 0.2) is 0 Å². The highest BCUT2D eigenvalue weighted by Gasteiger charge is 2.42. The van der Waals surface area contributed by atoms with Gasteiger partial charge in [0.25, 0.3) is 0 Å². The number of benzene rings is 2. The third-order valence-corrected chi connectivity index (χ3v) is 5.67. The Balaban J connectivity index is 1.78. The maximum atomic E-state index is 13.0. The van der Waals surface area contributed by atoms with Crippen LogP contribution in [0.2, 0.25) is 0 Å². The Morgan fingerprint density at radius 2 is 1.73 bits per heavy atom. The number of nitrogens with zero attached hydrogens (tertiary/aromatic N) is 1. The van der Waals surface area contributed by atoms with Crippen molar-refractivity contribution in [1.82, 2.24) is 0 Å². The third-order valence-electron chi connectivity index (χ3n) is 4.93. The van der Waals surface area contributed by atoms with Gasteiger partial charge < -0.3 is 4.74 Å². The molecule has 0 aliphatic carbocycles. The van der Waals surface area contributed by atoms with E-state index in [4.69, 9.17) is 4.74 Å². The summed E-state index contributed by atoms with van der Waals surface area (Å²) in [4.78, 5) is 28.2. The van der Waals surface area contributed by atoms with Gasteiger partial charge in [-0.1, -0.05) is 29.8 Å². The molecule has 0 fully saturated rings. The highest BCUT2D eigenvalue weighted by molar-refractivity contribution is 7.98. The van der Waals surface area contributed by atoms with E-state index in [9.17, 15) is 9.59 Å². The standard InChI is InChI=1S/C21H19NO3S/c1-13-3-7-15(8-4-13)22-18-12-25-21(24)20(18)17(11-19(22)23)14-5-9-16(26-2)10-6-14/h3-10,17H,11-12H2,1-2H3. The molecule has 2 aliphatic rings. The van der Waals surface area contributed by atoms with Crippen molar-refractivity contribution in [3.63, 3.8) is 0 Å². The Hall–Kier alpha value is -2.53. The van der Waals surface area contributed by atoms with E-state index >= 15 is 0 Å². The zero-order valence-corrected chi connectivity index (χ0v) is 15.5. The van der Waals surface area contributed by atoms with Gasteiger partial charge in [-0.05, 0) is 43.0 Å². The minimum Gasteiger partial charge on any atom is -0.456 e. The first kappa shape index (κ1) is 16.9. The van der Waals surface area contributed by atoms with E-state index in [0.29, 0.717) is 11.3 Å². The number of carbonyl (C=O) groups excluding carboxylic acids is 2. The highest BCUT2D eigenvalue weighted by atomic mass is 32.2. The lowest BCUT2D eigenvalue weighted by Crippen LogP contribution is -2.37. The lowest BCUT2D eigenvalue weighted by atomic mass is 9.84. The van der Waals surface area contributed by atoms with Crippen molar-refractivity contribution in [2.24, 2.45) is 0 Å². The number of anilines is 1. The van der Waals surface area contributed by atoms with Crippen LogP contribution in [0.15, 0.2) is 64.7 Å². The lowest BCUT2D eigenvalue weighted by molar-refractivity contribution is -0.136. The number of hydrogen-bond acceptors (Lipinski definition) is 4. The molecule has 0 saturated heterocycles. The fourth-order valence-electron chi connectivity index (χ4n) is 3.57. The first-order valence-corrected chi connectivity index (χ1v) is 9.74. The molecule has 0 saturated carbocycles. The largest absolute Gasteiger partial charge is 0.456 e. The molecular weight excluding hydrogens is 346 g/mol. The molecule has 0 radical (unpaired) electrons. The number of aryl methyl sites for hydroxylation is 1. The van der Waals surface area contributed by atoms with Crippen LogP contribution >= 0.6 is 11.8 Å². The number of carbonyl (C=O) groups is 2. The smallest absolute Gasteiger partial charge is 0.336 e. The molecule has 2 aromatic rings. The summed E-state index contributed by atoms with van der Waals surface area (Å²) in [6.07, 6.45) is 2.29. The average Bonchev–Trinajstić information content (AvgIpc) is 3.04. The van der Waals surface area contributed by atoms with Gasteiger partial charge in [-0.25, -0.2) is 4.79 Å². The zero-order chi connectivity index (χ0) is 18.3. The number of ether oxygens (including phenoxy) is 1. The van der Waals surface area contributed by atoms with E-state index < -0.39 is 0 Å². The summed E-state index contributed by atoms with van der Waals surface area (Å²) in [6, 6.07) is 15.8. The molecule has 1 atom stereocenters. The van der Waals surface area contributed by atoms with Crippen LogP contribution in [0.4, 0.5) is 5.69 Å². The van der Waals surface area contributed by atoms with Gasteiger partial charge in [0.2, 0.25) is 5.91 Å². The molecule has 0 spiro atoms. The second-order valence-corrected chi connectivity index (χ2v) is 7.41. The van der Waals surface area contributed by atoms with Crippen LogP contribution in [0.3, 0.4) is 0 Å². The summed E-state index contributed by atoms with van der Waals surface area (Å²) in [5.41, 5.74) is 4.17. The van der Waals surface area contributed by atoms with Crippen molar-refractivity contribution in [3.8, 4) is 0 Å². The zero-order valence-electron chi connectivity index (χ0n) is 14.7. The van der Waals surface area contributed by atoms with Gasteiger partial charge in [-0.3, -0.25) is 9.69 Å². The summed E-state index contributed by atoms with van der Waals surface area (Å²) >= 11 is 1.66. The Bertz CT molecular complexity index is 900. The molecule has 0 N–H and O–H groups in total. The SMILES string of the molecule is CSc1ccc(C2CC(=O)N(c3ccc(C)cc3)C3=C2C(=O)OC3)cc1. The van der Waals surface area contributed by atoms with Gasteiger partial charge in [-0.15, -0.1) is 11.8 Å². The van der Waals surface area contributed by atoms with Crippen molar-refractivity contribution in [1.29, 1.82) is 0 Å². The second-order valence-electron chi connectivity index (χ2n) is 6.53. The van der Waals surface area contributed by atoms with Crippen molar-refractivity contribution in [2.45, 2.75) is 24.2 Å². The minimum absolute atomic E-state index is 0.00940. The quantitative estimate of drug-likeness (QED) is 0.608. The first-order chi connectivity index (χ1) is 12.6.